The number of hydrogen-bond donors (Lipinski definition) is 3. The highest BCUT2D eigenvalue weighted by Gasteiger charge is 2.29. The molecule has 0 spiro atoms. The van der Waals surface area contributed by atoms with Gasteiger partial charge in [-0.25, -0.2) is 9.59 Å². The van der Waals surface area contributed by atoms with Gasteiger partial charge in [0.1, 0.15) is 6.10 Å². The number of hydrogen-bond acceptors (Lipinski definition) is 4. The van der Waals surface area contributed by atoms with Crippen LogP contribution in [0.1, 0.15) is 18.6 Å². The molecule has 0 saturated carbocycles. The zero-order valence-electron chi connectivity index (χ0n) is 9.87. The lowest BCUT2D eigenvalue weighted by molar-refractivity contribution is -0.142. The SMILES string of the molecule is CCOC(=O)NC(C(=O)O)C(O)c1ccccc1. The first-order valence-electron chi connectivity index (χ1n) is 5.45. The lowest BCUT2D eigenvalue weighted by atomic mass is 10.0. The highest BCUT2D eigenvalue weighted by atomic mass is 16.5. The minimum atomic E-state index is -1.45. The van der Waals surface area contributed by atoms with Crippen LogP contribution < -0.4 is 5.32 Å². The summed E-state index contributed by atoms with van der Waals surface area (Å²) >= 11 is 0. The first kappa shape index (κ1) is 14.0. The minimum absolute atomic E-state index is 0.125. The highest BCUT2D eigenvalue weighted by molar-refractivity contribution is 5.80. The fraction of sp³-hybridized carbons (Fsp3) is 0.333. The summed E-state index contributed by atoms with van der Waals surface area (Å²) in [4.78, 5) is 22.2. The van der Waals surface area contributed by atoms with Gasteiger partial charge in [-0.2, -0.15) is 0 Å². The molecule has 2 unspecified atom stereocenters. The molecule has 3 N–H and O–H groups in total. The Morgan fingerprint density at radius 2 is 1.94 bits per heavy atom. The van der Waals surface area contributed by atoms with E-state index in [9.17, 15) is 14.7 Å². The molecule has 98 valence electrons. The van der Waals surface area contributed by atoms with Crippen molar-refractivity contribution < 1.29 is 24.5 Å². The molecule has 0 bridgehead atoms. The predicted molar refractivity (Wildman–Crippen MR) is 63.0 cm³/mol. The van der Waals surface area contributed by atoms with Crippen LogP contribution in [0.2, 0.25) is 0 Å². The van der Waals surface area contributed by atoms with Crippen molar-refractivity contribution in [1.29, 1.82) is 0 Å². The predicted octanol–water partition coefficient (Wildman–Crippen LogP) is 0.919. The number of carbonyl (C=O) groups is 2. The average Bonchev–Trinajstić information content (AvgIpc) is 2.36. The van der Waals surface area contributed by atoms with Gasteiger partial charge in [0.25, 0.3) is 0 Å². The van der Waals surface area contributed by atoms with Crippen LogP contribution in [0.3, 0.4) is 0 Å². The Hall–Kier alpha value is -2.08. The van der Waals surface area contributed by atoms with Crippen LogP contribution in [0.15, 0.2) is 30.3 Å². The van der Waals surface area contributed by atoms with Crippen LogP contribution in [0.4, 0.5) is 4.79 Å². The first-order valence-corrected chi connectivity index (χ1v) is 5.45. The lowest BCUT2D eigenvalue weighted by Crippen LogP contribution is -2.45. The molecule has 1 aromatic rings. The Morgan fingerprint density at radius 3 is 2.44 bits per heavy atom. The Bertz CT molecular complexity index is 406. The third-order valence-electron chi connectivity index (χ3n) is 2.27. The standard InChI is InChI=1S/C12H15NO5/c1-2-18-12(17)13-9(11(15)16)10(14)8-6-4-3-5-7-8/h3-7,9-10,14H,2H2,1H3,(H,13,17)(H,15,16). The molecule has 2 atom stereocenters. The summed E-state index contributed by atoms with van der Waals surface area (Å²) in [6, 6.07) is 6.78. The molecule has 6 nitrogen and oxygen atoms in total. The number of rotatable bonds is 5. The van der Waals surface area contributed by atoms with Gasteiger partial charge in [0.2, 0.25) is 0 Å². The smallest absolute Gasteiger partial charge is 0.407 e. The van der Waals surface area contributed by atoms with Gasteiger partial charge < -0.3 is 20.3 Å². The van der Waals surface area contributed by atoms with Gasteiger partial charge in [-0.1, -0.05) is 30.3 Å². The summed E-state index contributed by atoms with van der Waals surface area (Å²) in [6.07, 6.45) is -2.21. The van der Waals surface area contributed by atoms with Crippen LogP contribution in [-0.2, 0) is 9.53 Å². The summed E-state index contributed by atoms with van der Waals surface area (Å²) in [6.45, 7) is 1.72. The maximum atomic E-state index is 11.2. The first-order chi connectivity index (χ1) is 8.56. The van der Waals surface area contributed by atoms with Crippen molar-refractivity contribution in [3.8, 4) is 0 Å². The van der Waals surface area contributed by atoms with Crippen molar-refractivity contribution in [1.82, 2.24) is 5.32 Å². The second kappa shape index (κ2) is 6.61. The van der Waals surface area contributed by atoms with Crippen LogP contribution in [0, 0.1) is 0 Å². The van der Waals surface area contributed by atoms with Gasteiger partial charge >= 0.3 is 12.1 Å². The zero-order valence-corrected chi connectivity index (χ0v) is 9.87. The topological polar surface area (TPSA) is 95.9 Å². The second-order valence-corrected chi connectivity index (χ2v) is 3.54. The van der Waals surface area contributed by atoms with Crippen molar-refractivity contribution >= 4 is 12.1 Å². The summed E-state index contributed by atoms with van der Waals surface area (Å²) in [5.41, 5.74) is 0.404. The Morgan fingerprint density at radius 1 is 1.33 bits per heavy atom. The molecule has 0 aliphatic carbocycles. The number of aliphatic hydroxyl groups excluding tert-OH is 1. The number of nitrogens with one attached hydrogen (secondary N) is 1. The van der Waals surface area contributed by atoms with Crippen LogP contribution >= 0.6 is 0 Å². The van der Waals surface area contributed by atoms with Gasteiger partial charge in [0.05, 0.1) is 6.61 Å². The minimum Gasteiger partial charge on any atom is -0.480 e. The molecule has 1 amide bonds. The molecule has 1 rings (SSSR count). The molecule has 0 fully saturated rings. The largest absolute Gasteiger partial charge is 0.480 e. The molecule has 0 heterocycles. The second-order valence-electron chi connectivity index (χ2n) is 3.54. The van der Waals surface area contributed by atoms with Gasteiger partial charge in [0, 0.05) is 0 Å². The molecule has 18 heavy (non-hydrogen) atoms. The van der Waals surface area contributed by atoms with E-state index in [1.807, 2.05) is 0 Å². The maximum absolute atomic E-state index is 11.2. The Kier molecular flexibility index (Phi) is 5.13. The summed E-state index contributed by atoms with van der Waals surface area (Å²) in [5, 5.41) is 21.0. The molecule has 0 aliphatic rings. The molecule has 6 heteroatoms. The number of aliphatic hydroxyl groups is 1. The van der Waals surface area contributed by atoms with Gasteiger partial charge in [-0.15, -0.1) is 0 Å². The molecular weight excluding hydrogens is 238 g/mol. The van der Waals surface area contributed by atoms with Crippen molar-refractivity contribution in [3.63, 3.8) is 0 Å². The molecule has 0 radical (unpaired) electrons. The molecule has 0 saturated heterocycles. The van der Waals surface area contributed by atoms with E-state index in [2.05, 4.69) is 10.1 Å². The fourth-order valence-corrected chi connectivity index (χ4v) is 1.42. The third kappa shape index (κ3) is 3.74. The number of amides is 1. The van der Waals surface area contributed by atoms with Crippen molar-refractivity contribution in [2.24, 2.45) is 0 Å². The van der Waals surface area contributed by atoms with E-state index >= 15 is 0 Å². The van der Waals surface area contributed by atoms with Gasteiger partial charge in [-0.3, -0.25) is 0 Å². The van der Waals surface area contributed by atoms with E-state index in [-0.39, 0.29) is 6.61 Å². The summed E-state index contributed by atoms with van der Waals surface area (Å²) in [5.74, 6) is -1.33. The lowest BCUT2D eigenvalue weighted by Gasteiger charge is -2.20. The van der Waals surface area contributed by atoms with Crippen molar-refractivity contribution in [2.45, 2.75) is 19.1 Å². The van der Waals surface area contributed by atoms with E-state index in [0.717, 1.165) is 0 Å². The fourth-order valence-electron chi connectivity index (χ4n) is 1.42. The maximum Gasteiger partial charge on any atom is 0.407 e. The van der Waals surface area contributed by atoms with E-state index in [1.165, 1.54) is 0 Å². The zero-order chi connectivity index (χ0) is 13.5. The molecule has 0 aliphatic heterocycles. The number of benzene rings is 1. The van der Waals surface area contributed by atoms with Gasteiger partial charge in [0.15, 0.2) is 6.04 Å². The number of aliphatic carboxylic acids is 1. The van der Waals surface area contributed by atoms with Crippen LogP contribution in [-0.4, -0.2) is 34.9 Å². The quantitative estimate of drug-likeness (QED) is 0.725. The number of carboxylic acid groups (broad SMARTS) is 1. The van der Waals surface area contributed by atoms with E-state index in [1.54, 1.807) is 37.3 Å². The third-order valence-corrected chi connectivity index (χ3v) is 2.27. The molecule has 0 aromatic heterocycles. The van der Waals surface area contributed by atoms with E-state index in [4.69, 9.17) is 5.11 Å². The normalized spacial score (nSPS) is 13.4. The van der Waals surface area contributed by atoms with E-state index < -0.39 is 24.2 Å². The number of alkyl carbamates (subject to hydrolysis) is 1. The van der Waals surface area contributed by atoms with Crippen molar-refractivity contribution in [3.05, 3.63) is 35.9 Å². The molecule has 1 aromatic carbocycles. The number of ether oxygens (including phenoxy) is 1. The average molecular weight is 253 g/mol. The Labute approximate surface area is 104 Å². The summed E-state index contributed by atoms with van der Waals surface area (Å²) < 4.78 is 4.58. The number of carbonyl (C=O) groups excluding carboxylic acids is 1. The van der Waals surface area contributed by atoms with E-state index in [0.29, 0.717) is 5.56 Å². The molecular formula is C12H15NO5. The van der Waals surface area contributed by atoms with Crippen molar-refractivity contribution in [2.75, 3.05) is 6.61 Å². The van der Waals surface area contributed by atoms with Crippen LogP contribution in [0.5, 0.6) is 0 Å². The van der Waals surface area contributed by atoms with Gasteiger partial charge in [-0.05, 0) is 12.5 Å². The summed E-state index contributed by atoms with van der Waals surface area (Å²) in [7, 11) is 0. The Balaban J connectivity index is 2.79. The van der Waals surface area contributed by atoms with Crippen LogP contribution in [0.25, 0.3) is 0 Å². The monoisotopic (exact) mass is 253 g/mol. The number of carboxylic acids is 1. The highest BCUT2D eigenvalue weighted by Crippen LogP contribution is 2.16.